The predicted octanol–water partition coefficient (Wildman–Crippen LogP) is 4.42. The monoisotopic (exact) mass is 437 g/mol. The van der Waals surface area contributed by atoms with Crippen molar-refractivity contribution in [1.29, 1.82) is 0 Å². The molecule has 0 aliphatic carbocycles. The molecule has 0 aliphatic heterocycles. The summed E-state index contributed by atoms with van der Waals surface area (Å²) in [5, 5.41) is 0.222. The molecule has 0 saturated heterocycles. The molecule has 0 N–H and O–H groups in total. The van der Waals surface area contributed by atoms with Gasteiger partial charge in [0.05, 0.1) is 22.4 Å². The number of hydrogen-bond acceptors (Lipinski definition) is 4. The molecule has 0 saturated carbocycles. The Morgan fingerprint density at radius 1 is 0.968 bits per heavy atom. The van der Waals surface area contributed by atoms with E-state index in [-0.39, 0.29) is 21.7 Å². The van der Waals surface area contributed by atoms with Crippen LogP contribution >= 0.6 is 0 Å². The van der Waals surface area contributed by atoms with E-state index in [0.29, 0.717) is 23.4 Å². The zero-order valence-electron chi connectivity index (χ0n) is 16.8. The molecule has 3 aromatic carbocycles. The molecular weight excluding hydrogens is 417 g/mol. The number of pyridine rings is 1. The minimum atomic E-state index is -4.06. The number of ether oxygens (including phenoxy) is 1. The molecule has 31 heavy (non-hydrogen) atoms. The summed E-state index contributed by atoms with van der Waals surface area (Å²) in [7, 11) is -4.06. The fourth-order valence-corrected chi connectivity index (χ4v) is 4.88. The second-order valence-electron chi connectivity index (χ2n) is 7.01. The quantitative estimate of drug-likeness (QED) is 0.448. The highest BCUT2D eigenvalue weighted by Gasteiger charge is 2.24. The third-order valence-corrected chi connectivity index (χ3v) is 6.68. The Hall–Kier alpha value is -3.45. The lowest BCUT2D eigenvalue weighted by Crippen LogP contribution is -2.19. The fraction of sp³-hybridized carbons (Fsp3) is 0.125. The van der Waals surface area contributed by atoms with Gasteiger partial charge in [0.25, 0.3) is 0 Å². The molecule has 0 radical (unpaired) electrons. The Balaban J connectivity index is 1.98. The highest BCUT2D eigenvalue weighted by atomic mass is 32.2. The van der Waals surface area contributed by atoms with Crippen molar-refractivity contribution < 1.29 is 17.5 Å². The average molecular weight is 437 g/mol. The number of fused-ring (bicyclic) bond motifs is 1. The minimum absolute atomic E-state index is 0.0321. The summed E-state index contributed by atoms with van der Waals surface area (Å²) in [6.07, 6.45) is 1.33. The van der Waals surface area contributed by atoms with Gasteiger partial charge in [-0.2, -0.15) is 0 Å². The first-order chi connectivity index (χ1) is 14.9. The second-order valence-corrected chi connectivity index (χ2v) is 8.93. The van der Waals surface area contributed by atoms with Crippen molar-refractivity contribution >= 4 is 20.7 Å². The van der Waals surface area contributed by atoms with E-state index < -0.39 is 21.1 Å². The van der Waals surface area contributed by atoms with Gasteiger partial charge in [0.2, 0.25) is 15.3 Å². The number of nitrogens with zero attached hydrogens (tertiary/aromatic N) is 1. The maximum atomic E-state index is 13.7. The van der Waals surface area contributed by atoms with Gasteiger partial charge in [-0.05, 0) is 55.0 Å². The first kappa shape index (κ1) is 20.8. The fourth-order valence-electron chi connectivity index (χ4n) is 3.49. The predicted molar refractivity (Wildman–Crippen MR) is 117 cm³/mol. The van der Waals surface area contributed by atoms with Crippen molar-refractivity contribution in [1.82, 2.24) is 4.57 Å². The Kier molecular flexibility index (Phi) is 5.61. The lowest BCUT2D eigenvalue weighted by atomic mass is 10.1. The number of halogens is 1. The maximum Gasteiger partial charge on any atom is 0.211 e. The standard InChI is InChI=1S/C24H20FNO4S/c1-2-30-19-11-12-22-21(14-19)24(27)23(31(28,29)20-9-4-3-5-10-20)16-26(22)15-17-7-6-8-18(25)13-17/h3-14,16H,2,15H2,1H3. The van der Waals surface area contributed by atoms with Crippen LogP contribution in [0.25, 0.3) is 10.9 Å². The Morgan fingerprint density at radius 2 is 1.74 bits per heavy atom. The topological polar surface area (TPSA) is 65.4 Å². The summed E-state index contributed by atoms with van der Waals surface area (Å²) >= 11 is 0. The zero-order valence-corrected chi connectivity index (χ0v) is 17.6. The smallest absolute Gasteiger partial charge is 0.211 e. The van der Waals surface area contributed by atoms with Gasteiger partial charge < -0.3 is 9.30 Å². The second kappa shape index (κ2) is 8.35. The Labute approximate surface area is 179 Å². The van der Waals surface area contributed by atoms with Crippen LogP contribution in [0.4, 0.5) is 4.39 Å². The summed E-state index contributed by atoms with van der Waals surface area (Å²) in [5.74, 6) is 0.0808. The summed E-state index contributed by atoms with van der Waals surface area (Å²) in [4.78, 5) is 13.0. The van der Waals surface area contributed by atoms with Crippen molar-refractivity contribution in [3.8, 4) is 5.75 Å². The highest BCUT2D eigenvalue weighted by Crippen LogP contribution is 2.24. The van der Waals surface area contributed by atoms with Gasteiger partial charge >= 0.3 is 0 Å². The number of rotatable bonds is 6. The molecule has 5 nitrogen and oxygen atoms in total. The number of hydrogen-bond donors (Lipinski definition) is 0. The molecule has 0 aliphatic rings. The number of aromatic nitrogens is 1. The van der Waals surface area contributed by atoms with E-state index >= 15 is 0 Å². The van der Waals surface area contributed by atoms with Crippen LogP contribution in [0.15, 0.2) is 93.6 Å². The van der Waals surface area contributed by atoms with Crippen molar-refractivity contribution in [2.75, 3.05) is 6.61 Å². The van der Waals surface area contributed by atoms with Gasteiger partial charge in [-0.1, -0.05) is 30.3 Å². The summed E-state index contributed by atoms with van der Waals surface area (Å²) < 4.78 is 47.4. The van der Waals surface area contributed by atoms with E-state index in [0.717, 1.165) is 0 Å². The first-order valence-electron chi connectivity index (χ1n) is 9.74. The summed E-state index contributed by atoms with van der Waals surface area (Å²) in [6, 6.07) is 18.8. The van der Waals surface area contributed by atoms with E-state index in [1.807, 2.05) is 6.92 Å². The van der Waals surface area contributed by atoms with Crippen LogP contribution in [0, 0.1) is 5.82 Å². The summed E-state index contributed by atoms with van der Waals surface area (Å²) in [5.41, 5.74) is 0.572. The van der Waals surface area contributed by atoms with E-state index in [1.165, 1.54) is 30.5 Å². The van der Waals surface area contributed by atoms with Gasteiger partial charge in [-0.15, -0.1) is 0 Å². The SMILES string of the molecule is CCOc1ccc2c(c1)c(=O)c(S(=O)(=O)c1ccccc1)cn2Cc1cccc(F)c1. The average Bonchev–Trinajstić information content (AvgIpc) is 2.76. The molecular formula is C24H20FNO4S. The van der Waals surface area contributed by atoms with Crippen LogP contribution in [0.2, 0.25) is 0 Å². The van der Waals surface area contributed by atoms with Crippen molar-refractivity contribution in [2.45, 2.75) is 23.3 Å². The van der Waals surface area contributed by atoms with Crippen LogP contribution < -0.4 is 10.2 Å². The van der Waals surface area contributed by atoms with Gasteiger partial charge in [-0.25, -0.2) is 12.8 Å². The van der Waals surface area contributed by atoms with Gasteiger partial charge in [-0.3, -0.25) is 4.79 Å². The normalized spacial score (nSPS) is 11.5. The van der Waals surface area contributed by atoms with Crippen LogP contribution in [-0.4, -0.2) is 19.6 Å². The van der Waals surface area contributed by atoms with E-state index in [1.54, 1.807) is 53.1 Å². The molecule has 4 rings (SSSR count). The summed E-state index contributed by atoms with van der Waals surface area (Å²) in [6.45, 7) is 2.42. The largest absolute Gasteiger partial charge is 0.494 e. The lowest BCUT2D eigenvalue weighted by molar-refractivity contribution is 0.340. The van der Waals surface area contributed by atoms with Crippen LogP contribution in [-0.2, 0) is 16.4 Å². The number of benzene rings is 3. The van der Waals surface area contributed by atoms with Gasteiger partial charge in [0.15, 0.2) is 0 Å². The highest BCUT2D eigenvalue weighted by molar-refractivity contribution is 7.91. The molecule has 0 amide bonds. The molecule has 0 unspecified atom stereocenters. The molecule has 7 heteroatoms. The first-order valence-corrected chi connectivity index (χ1v) is 11.2. The molecule has 0 atom stereocenters. The number of sulfone groups is 1. The molecule has 1 aromatic heterocycles. The van der Waals surface area contributed by atoms with E-state index in [2.05, 4.69) is 0 Å². The van der Waals surface area contributed by atoms with Crippen LogP contribution in [0.1, 0.15) is 12.5 Å². The lowest BCUT2D eigenvalue weighted by Gasteiger charge is -2.15. The Morgan fingerprint density at radius 3 is 2.45 bits per heavy atom. The van der Waals surface area contributed by atoms with Crippen LogP contribution in [0.3, 0.4) is 0 Å². The molecule has 1 heterocycles. The molecule has 0 bridgehead atoms. The molecule has 0 spiro atoms. The van der Waals surface area contributed by atoms with E-state index in [9.17, 15) is 17.6 Å². The van der Waals surface area contributed by atoms with Crippen molar-refractivity contribution in [3.05, 3.63) is 101 Å². The minimum Gasteiger partial charge on any atom is -0.494 e. The van der Waals surface area contributed by atoms with Crippen molar-refractivity contribution in [2.24, 2.45) is 0 Å². The van der Waals surface area contributed by atoms with E-state index in [4.69, 9.17) is 4.74 Å². The molecule has 158 valence electrons. The molecule has 0 fully saturated rings. The third-order valence-electron chi connectivity index (χ3n) is 4.91. The van der Waals surface area contributed by atoms with Crippen molar-refractivity contribution in [3.63, 3.8) is 0 Å². The van der Waals surface area contributed by atoms with Gasteiger partial charge in [0.1, 0.15) is 16.5 Å². The Bertz CT molecular complexity index is 1410. The zero-order chi connectivity index (χ0) is 22.0. The van der Waals surface area contributed by atoms with Gasteiger partial charge in [0, 0.05) is 12.7 Å². The van der Waals surface area contributed by atoms with Crippen LogP contribution in [0.5, 0.6) is 5.75 Å². The maximum absolute atomic E-state index is 13.7. The third kappa shape index (κ3) is 4.09. The molecule has 4 aromatic rings.